The topological polar surface area (TPSA) is 49.4 Å². The molecule has 162 valence electrons. The van der Waals surface area contributed by atoms with E-state index < -0.39 is 17.5 Å². The lowest BCUT2D eigenvalue weighted by Crippen LogP contribution is -2.50. The predicted octanol–water partition coefficient (Wildman–Crippen LogP) is 4.29. The minimum atomic E-state index is -0.851. The Hall–Kier alpha value is -1.98. The van der Waals surface area contributed by atoms with Crippen LogP contribution in [-0.2, 0) is 4.79 Å². The lowest BCUT2D eigenvalue weighted by Gasteiger charge is -2.57. The summed E-state index contributed by atoms with van der Waals surface area (Å²) < 4.78 is 26.9. The second-order valence-corrected chi connectivity index (χ2v) is 10.3. The largest absolute Gasteiger partial charge is 0.349 e. The van der Waals surface area contributed by atoms with E-state index in [-0.39, 0.29) is 22.9 Å². The van der Waals surface area contributed by atoms with E-state index in [4.69, 9.17) is 0 Å². The molecule has 4 nitrogen and oxygen atoms in total. The maximum atomic E-state index is 13.8. The average molecular weight is 417 g/mol. The number of hydrogen-bond donors (Lipinski definition) is 1. The van der Waals surface area contributed by atoms with E-state index in [2.05, 4.69) is 5.32 Å². The van der Waals surface area contributed by atoms with Crippen molar-refractivity contribution in [2.45, 2.75) is 63.8 Å². The molecule has 5 aliphatic rings. The fourth-order valence-corrected chi connectivity index (χ4v) is 7.15. The molecule has 4 bridgehead atoms. The molecule has 1 heterocycles. The third-order valence-corrected chi connectivity index (χ3v) is 8.05. The summed E-state index contributed by atoms with van der Waals surface area (Å²) in [6, 6.07) is 2.89. The van der Waals surface area contributed by atoms with Crippen molar-refractivity contribution < 1.29 is 18.4 Å². The Labute approximate surface area is 176 Å². The first kappa shape index (κ1) is 20.0. The lowest BCUT2D eigenvalue weighted by molar-refractivity contribution is -0.140. The van der Waals surface area contributed by atoms with Crippen molar-refractivity contribution in [3.8, 4) is 0 Å². The molecule has 0 spiro atoms. The third-order valence-electron chi connectivity index (χ3n) is 8.05. The van der Waals surface area contributed by atoms with Crippen LogP contribution in [-0.4, -0.2) is 35.8 Å². The van der Waals surface area contributed by atoms with Gasteiger partial charge in [0.15, 0.2) is 0 Å². The van der Waals surface area contributed by atoms with Gasteiger partial charge in [0.05, 0.1) is 5.56 Å². The van der Waals surface area contributed by atoms with Crippen LogP contribution >= 0.6 is 0 Å². The highest BCUT2D eigenvalue weighted by Crippen LogP contribution is 2.61. The van der Waals surface area contributed by atoms with Crippen LogP contribution in [0, 0.1) is 34.8 Å². The maximum absolute atomic E-state index is 13.8. The summed E-state index contributed by atoms with van der Waals surface area (Å²) in [5.41, 5.74) is 0.105. The molecule has 6 rings (SSSR count). The molecular formula is C24H30F2N2O2. The number of carbonyl (C=O) groups excluding carboxylic acids is 2. The zero-order valence-electron chi connectivity index (χ0n) is 17.3. The molecule has 4 aliphatic carbocycles. The van der Waals surface area contributed by atoms with Gasteiger partial charge in [-0.25, -0.2) is 8.78 Å². The second-order valence-electron chi connectivity index (χ2n) is 10.3. The zero-order valence-corrected chi connectivity index (χ0v) is 17.3. The number of halogens is 2. The second kappa shape index (κ2) is 7.61. The van der Waals surface area contributed by atoms with Crippen molar-refractivity contribution in [3.05, 3.63) is 35.4 Å². The van der Waals surface area contributed by atoms with Crippen molar-refractivity contribution >= 4 is 11.8 Å². The van der Waals surface area contributed by atoms with Crippen LogP contribution in [0.15, 0.2) is 18.2 Å². The number of carbonyl (C=O) groups is 2. The number of rotatable bonds is 4. The van der Waals surface area contributed by atoms with Gasteiger partial charge in [-0.1, -0.05) is 0 Å². The summed E-state index contributed by atoms with van der Waals surface area (Å²) in [5, 5.41) is 2.84. The number of likely N-dealkylation sites (tertiary alicyclic amines) is 1. The van der Waals surface area contributed by atoms with E-state index in [1.54, 1.807) is 0 Å². The Bertz CT molecular complexity index is 812. The van der Waals surface area contributed by atoms with E-state index in [1.165, 1.54) is 44.6 Å². The molecule has 1 aliphatic heterocycles. The summed E-state index contributed by atoms with van der Waals surface area (Å²) in [5.74, 6) is 0.730. The van der Waals surface area contributed by atoms with Gasteiger partial charge in [0, 0.05) is 31.6 Å². The molecule has 5 fully saturated rings. The summed E-state index contributed by atoms with van der Waals surface area (Å²) in [4.78, 5) is 27.3. The Kier molecular flexibility index (Phi) is 5.06. The van der Waals surface area contributed by atoms with Crippen LogP contribution < -0.4 is 5.32 Å². The highest BCUT2D eigenvalue weighted by atomic mass is 19.1. The van der Waals surface area contributed by atoms with Gasteiger partial charge in [-0.2, -0.15) is 0 Å². The van der Waals surface area contributed by atoms with Crippen molar-refractivity contribution in [2.75, 3.05) is 13.1 Å². The number of hydrogen-bond acceptors (Lipinski definition) is 2. The third kappa shape index (κ3) is 3.85. The van der Waals surface area contributed by atoms with Crippen LogP contribution in [0.4, 0.5) is 8.78 Å². The molecule has 4 saturated carbocycles. The summed E-state index contributed by atoms with van der Waals surface area (Å²) in [7, 11) is 0. The fourth-order valence-electron chi connectivity index (χ4n) is 7.15. The van der Waals surface area contributed by atoms with Crippen molar-refractivity contribution in [3.63, 3.8) is 0 Å². The molecule has 0 unspecified atom stereocenters. The minimum absolute atomic E-state index is 0.0921. The van der Waals surface area contributed by atoms with Crippen molar-refractivity contribution in [2.24, 2.45) is 23.2 Å². The summed E-state index contributed by atoms with van der Waals surface area (Å²) in [6.07, 6.45) is 9.88. The highest BCUT2D eigenvalue weighted by Gasteiger charge is 2.51. The van der Waals surface area contributed by atoms with Gasteiger partial charge >= 0.3 is 0 Å². The van der Waals surface area contributed by atoms with Crippen LogP contribution in [0.3, 0.4) is 0 Å². The number of benzene rings is 1. The molecule has 2 amide bonds. The molecule has 6 heteroatoms. The van der Waals surface area contributed by atoms with Crippen LogP contribution in [0.1, 0.15) is 68.1 Å². The van der Waals surface area contributed by atoms with Gasteiger partial charge < -0.3 is 10.2 Å². The first-order valence-corrected chi connectivity index (χ1v) is 11.4. The fraction of sp³-hybridized carbons (Fsp3) is 0.667. The molecule has 1 saturated heterocycles. The molecule has 30 heavy (non-hydrogen) atoms. The van der Waals surface area contributed by atoms with Gasteiger partial charge in [-0.3, -0.25) is 9.59 Å². The van der Waals surface area contributed by atoms with Gasteiger partial charge in [-0.05, 0) is 86.7 Å². The van der Waals surface area contributed by atoms with Gasteiger partial charge in [-0.15, -0.1) is 0 Å². The minimum Gasteiger partial charge on any atom is -0.349 e. The van der Waals surface area contributed by atoms with Crippen LogP contribution in [0.5, 0.6) is 0 Å². The highest BCUT2D eigenvalue weighted by molar-refractivity contribution is 5.94. The molecule has 1 N–H and O–H groups in total. The molecule has 0 atom stereocenters. The first-order chi connectivity index (χ1) is 14.4. The standard InChI is InChI=1S/C24H30F2N2O2/c25-18-1-2-20(21(26)10-18)23(30)27-19-3-5-28(6-4-19)22(29)14-24-11-15-7-16(12-24)9-17(8-15)13-24/h1-2,10,15-17,19H,3-9,11-14H2,(H,27,30). The van der Waals surface area contributed by atoms with E-state index in [0.29, 0.717) is 32.4 Å². The van der Waals surface area contributed by atoms with Gasteiger partial charge in [0.1, 0.15) is 11.6 Å². The van der Waals surface area contributed by atoms with Crippen molar-refractivity contribution in [1.82, 2.24) is 10.2 Å². The Morgan fingerprint density at radius 3 is 2.17 bits per heavy atom. The Balaban J connectivity index is 1.13. The average Bonchev–Trinajstić information content (AvgIpc) is 2.67. The molecular weight excluding hydrogens is 386 g/mol. The van der Waals surface area contributed by atoms with E-state index in [9.17, 15) is 18.4 Å². The summed E-state index contributed by atoms with van der Waals surface area (Å²) in [6.45, 7) is 1.25. The number of piperidine rings is 1. The maximum Gasteiger partial charge on any atom is 0.254 e. The first-order valence-electron chi connectivity index (χ1n) is 11.4. The zero-order chi connectivity index (χ0) is 20.9. The van der Waals surface area contributed by atoms with E-state index in [1.807, 2.05) is 4.90 Å². The van der Waals surface area contributed by atoms with Gasteiger partial charge in [0.25, 0.3) is 5.91 Å². The van der Waals surface area contributed by atoms with Crippen LogP contribution in [0.25, 0.3) is 0 Å². The van der Waals surface area contributed by atoms with Crippen LogP contribution in [0.2, 0.25) is 0 Å². The van der Waals surface area contributed by atoms with Gasteiger partial charge in [0.2, 0.25) is 5.91 Å². The van der Waals surface area contributed by atoms with E-state index >= 15 is 0 Å². The molecule has 1 aromatic carbocycles. The quantitative estimate of drug-likeness (QED) is 0.796. The predicted molar refractivity (Wildman–Crippen MR) is 109 cm³/mol. The van der Waals surface area contributed by atoms with Crippen molar-refractivity contribution in [1.29, 1.82) is 0 Å². The van der Waals surface area contributed by atoms with E-state index in [0.717, 1.165) is 29.9 Å². The lowest BCUT2D eigenvalue weighted by atomic mass is 9.49. The smallest absolute Gasteiger partial charge is 0.254 e. The molecule has 0 aromatic heterocycles. The molecule has 1 aromatic rings. The Morgan fingerprint density at radius 2 is 1.60 bits per heavy atom. The number of amides is 2. The normalized spacial score (nSPS) is 33.0. The SMILES string of the molecule is O=C(NC1CCN(C(=O)CC23CC4CC(CC(C4)C2)C3)CC1)c1ccc(F)cc1F. The number of nitrogens with one attached hydrogen (secondary N) is 1. The summed E-state index contributed by atoms with van der Waals surface area (Å²) >= 11 is 0. The monoisotopic (exact) mass is 416 g/mol. The Morgan fingerprint density at radius 1 is 1.00 bits per heavy atom. The molecule has 0 radical (unpaired) electrons. The number of nitrogens with zero attached hydrogens (tertiary/aromatic N) is 1.